The van der Waals surface area contributed by atoms with Crippen LogP contribution in [0, 0.1) is 0 Å². The third-order valence-electron chi connectivity index (χ3n) is 2.39. The molecule has 0 atom stereocenters. The van der Waals surface area contributed by atoms with Crippen molar-refractivity contribution in [3.05, 3.63) is 34.6 Å². The minimum absolute atomic E-state index is 0.102. The maximum Gasteiger partial charge on any atom is 0.293 e. The summed E-state index contributed by atoms with van der Waals surface area (Å²) < 4.78 is 1.60. The minimum atomic E-state index is -0.102. The summed E-state index contributed by atoms with van der Waals surface area (Å²) in [6.45, 7) is 3.16. The van der Waals surface area contributed by atoms with Crippen molar-refractivity contribution < 1.29 is 0 Å². The smallest absolute Gasteiger partial charge is 0.293 e. The van der Waals surface area contributed by atoms with Gasteiger partial charge in [0.25, 0.3) is 5.56 Å². The van der Waals surface area contributed by atoms with Gasteiger partial charge in [0.1, 0.15) is 0 Å². The van der Waals surface area contributed by atoms with Crippen LogP contribution in [0.25, 0.3) is 0 Å². The summed E-state index contributed by atoms with van der Waals surface area (Å²) in [5, 5.41) is 13.2. The van der Waals surface area contributed by atoms with Crippen LogP contribution in [0.3, 0.4) is 0 Å². The van der Waals surface area contributed by atoms with Crippen molar-refractivity contribution in [1.82, 2.24) is 25.0 Å². The predicted octanol–water partition coefficient (Wildman–Crippen LogP) is 0.0359. The van der Waals surface area contributed by atoms with Gasteiger partial charge in [-0.05, 0) is 6.92 Å². The molecule has 7 nitrogen and oxygen atoms in total. The van der Waals surface area contributed by atoms with Crippen LogP contribution in [-0.4, -0.2) is 31.5 Å². The molecule has 90 valence electrons. The number of H-pyrrole nitrogens is 1. The Labute approximate surface area is 97.9 Å². The second kappa shape index (κ2) is 5.24. The number of nitrogens with zero attached hydrogens (tertiary/aromatic N) is 4. The summed E-state index contributed by atoms with van der Waals surface area (Å²) in [6.07, 6.45) is 5.64. The van der Waals surface area contributed by atoms with Gasteiger partial charge in [-0.3, -0.25) is 4.79 Å². The quantitative estimate of drug-likeness (QED) is 0.762. The Balaban J connectivity index is 1.97. The van der Waals surface area contributed by atoms with Crippen molar-refractivity contribution in [3.8, 4) is 0 Å². The number of nitrogens with one attached hydrogen (secondary N) is 2. The van der Waals surface area contributed by atoms with E-state index in [1.165, 1.54) is 0 Å². The van der Waals surface area contributed by atoms with Crippen molar-refractivity contribution in [2.24, 2.45) is 0 Å². The van der Waals surface area contributed by atoms with Crippen LogP contribution in [0.4, 0.5) is 5.82 Å². The molecule has 0 radical (unpaired) electrons. The van der Waals surface area contributed by atoms with Crippen LogP contribution in [0.2, 0.25) is 0 Å². The molecule has 0 aliphatic heterocycles. The Hall–Kier alpha value is -2.18. The molecule has 2 heterocycles. The summed E-state index contributed by atoms with van der Waals surface area (Å²) in [5.74, 6) is 0.373. The number of aryl methyl sites for hydroxylation is 1. The summed E-state index contributed by atoms with van der Waals surface area (Å²) in [4.78, 5) is 15.8. The lowest BCUT2D eigenvalue weighted by Crippen LogP contribution is -2.24. The molecular formula is C10H14N6O. The predicted molar refractivity (Wildman–Crippen MR) is 62.7 cm³/mol. The second-order valence-corrected chi connectivity index (χ2v) is 3.51. The molecule has 2 aromatic rings. The monoisotopic (exact) mass is 234 g/mol. The minimum Gasteiger partial charge on any atom is -0.365 e. The molecule has 0 spiro atoms. The fourth-order valence-corrected chi connectivity index (χ4v) is 1.47. The van der Waals surface area contributed by atoms with E-state index >= 15 is 0 Å². The van der Waals surface area contributed by atoms with Gasteiger partial charge in [-0.1, -0.05) is 0 Å². The number of aromatic amines is 1. The van der Waals surface area contributed by atoms with Crippen molar-refractivity contribution in [3.63, 3.8) is 0 Å². The third kappa shape index (κ3) is 2.68. The van der Waals surface area contributed by atoms with Gasteiger partial charge in [0.2, 0.25) is 0 Å². The lowest BCUT2D eigenvalue weighted by Gasteiger charge is -2.06. The molecule has 2 rings (SSSR count). The molecule has 0 aliphatic rings. The first-order chi connectivity index (χ1) is 8.31. The molecular weight excluding hydrogens is 220 g/mol. The van der Waals surface area contributed by atoms with Gasteiger partial charge in [-0.25, -0.2) is 4.98 Å². The van der Waals surface area contributed by atoms with Crippen molar-refractivity contribution >= 4 is 5.82 Å². The molecule has 0 aliphatic carbocycles. The average Bonchev–Trinajstić information content (AvgIpc) is 2.84. The topological polar surface area (TPSA) is 88.5 Å². The fourth-order valence-electron chi connectivity index (χ4n) is 1.47. The summed E-state index contributed by atoms with van der Waals surface area (Å²) in [7, 11) is 0. The zero-order valence-corrected chi connectivity index (χ0v) is 9.55. The Kier molecular flexibility index (Phi) is 3.49. The molecule has 0 unspecified atom stereocenters. The summed E-state index contributed by atoms with van der Waals surface area (Å²) in [5.41, 5.74) is 0.749. The Bertz CT molecular complexity index is 518. The number of hydrogen-bond donors (Lipinski definition) is 2. The van der Waals surface area contributed by atoms with E-state index in [4.69, 9.17) is 0 Å². The highest BCUT2D eigenvalue weighted by Gasteiger charge is 2.03. The van der Waals surface area contributed by atoms with E-state index in [0.717, 1.165) is 5.69 Å². The van der Waals surface area contributed by atoms with Crippen LogP contribution < -0.4 is 10.9 Å². The van der Waals surface area contributed by atoms with Crippen LogP contribution in [0.5, 0.6) is 0 Å². The van der Waals surface area contributed by atoms with E-state index < -0.39 is 0 Å². The third-order valence-corrected chi connectivity index (χ3v) is 2.39. The van der Waals surface area contributed by atoms with Crippen molar-refractivity contribution in [1.29, 1.82) is 0 Å². The maximum absolute atomic E-state index is 11.8. The van der Waals surface area contributed by atoms with Gasteiger partial charge >= 0.3 is 0 Å². The van der Waals surface area contributed by atoms with E-state index in [-0.39, 0.29) is 5.56 Å². The lowest BCUT2D eigenvalue weighted by molar-refractivity contribution is 0.718. The SMILES string of the molecule is CCn1ccnc(NCCc2cn[nH]n2)c1=O. The number of anilines is 1. The molecule has 2 aromatic heterocycles. The van der Waals surface area contributed by atoms with Gasteiger partial charge in [-0.2, -0.15) is 15.4 Å². The second-order valence-electron chi connectivity index (χ2n) is 3.51. The number of aromatic nitrogens is 5. The lowest BCUT2D eigenvalue weighted by atomic mass is 10.3. The van der Waals surface area contributed by atoms with Crippen LogP contribution in [0.1, 0.15) is 12.6 Å². The van der Waals surface area contributed by atoms with Gasteiger partial charge in [0.05, 0.1) is 11.9 Å². The van der Waals surface area contributed by atoms with Crippen LogP contribution in [-0.2, 0) is 13.0 Å². The number of rotatable bonds is 5. The first-order valence-electron chi connectivity index (χ1n) is 5.45. The molecule has 0 bridgehead atoms. The van der Waals surface area contributed by atoms with Crippen molar-refractivity contribution in [2.45, 2.75) is 19.9 Å². The highest BCUT2D eigenvalue weighted by molar-refractivity contribution is 5.30. The molecule has 0 saturated carbocycles. The molecule has 0 amide bonds. The Morgan fingerprint density at radius 2 is 2.41 bits per heavy atom. The standard InChI is InChI=1S/C10H14N6O/c1-2-16-6-5-12-9(10(16)17)11-4-3-8-7-13-15-14-8/h5-7H,2-4H2,1H3,(H,11,12)(H,13,14,15). The molecule has 0 aromatic carbocycles. The van der Waals surface area contributed by atoms with E-state index in [0.29, 0.717) is 25.3 Å². The Morgan fingerprint density at radius 1 is 1.53 bits per heavy atom. The Morgan fingerprint density at radius 3 is 3.12 bits per heavy atom. The summed E-state index contributed by atoms with van der Waals surface area (Å²) >= 11 is 0. The van der Waals surface area contributed by atoms with E-state index in [1.807, 2.05) is 6.92 Å². The molecule has 0 saturated heterocycles. The summed E-state index contributed by atoms with van der Waals surface area (Å²) in [6, 6.07) is 0. The normalized spacial score (nSPS) is 10.4. The number of hydrogen-bond acceptors (Lipinski definition) is 5. The highest BCUT2D eigenvalue weighted by atomic mass is 16.1. The maximum atomic E-state index is 11.8. The highest BCUT2D eigenvalue weighted by Crippen LogP contribution is 1.95. The van der Waals surface area contributed by atoms with Crippen molar-refractivity contribution in [2.75, 3.05) is 11.9 Å². The van der Waals surface area contributed by atoms with Gasteiger partial charge in [0.15, 0.2) is 5.82 Å². The van der Waals surface area contributed by atoms with Gasteiger partial charge < -0.3 is 9.88 Å². The van der Waals surface area contributed by atoms with E-state index in [1.54, 1.807) is 23.2 Å². The molecule has 0 fully saturated rings. The molecule has 7 heteroatoms. The van der Waals surface area contributed by atoms with E-state index in [9.17, 15) is 4.79 Å². The fraction of sp³-hybridized carbons (Fsp3) is 0.400. The van der Waals surface area contributed by atoms with Gasteiger partial charge in [0, 0.05) is 31.9 Å². The average molecular weight is 234 g/mol. The zero-order chi connectivity index (χ0) is 12.1. The molecule has 2 N–H and O–H groups in total. The zero-order valence-electron chi connectivity index (χ0n) is 9.55. The largest absolute Gasteiger partial charge is 0.365 e. The van der Waals surface area contributed by atoms with Crippen LogP contribution in [0.15, 0.2) is 23.4 Å². The van der Waals surface area contributed by atoms with Gasteiger partial charge in [-0.15, -0.1) is 0 Å². The van der Waals surface area contributed by atoms with Crippen LogP contribution >= 0.6 is 0 Å². The first kappa shape index (κ1) is 11.3. The first-order valence-corrected chi connectivity index (χ1v) is 5.45. The van der Waals surface area contributed by atoms with E-state index in [2.05, 4.69) is 25.7 Å². The molecule has 17 heavy (non-hydrogen) atoms.